The van der Waals surface area contributed by atoms with E-state index in [0.29, 0.717) is 11.1 Å². The molecule has 1 heteroatoms. The van der Waals surface area contributed by atoms with Crippen LogP contribution in [0.1, 0.15) is 318 Å². The summed E-state index contributed by atoms with van der Waals surface area (Å²) < 4.78 is 0. The Labute approximate surface area is 339 Å². The van der Waals surface area contributed by atoms with E-state index in [1.807, 2.05) is 0 Å². The van der Waals surface area contributed by atoms with Crippen molar-refractivity contribution >= 4 is 0 Å². The van der Waals surface area contributed by atoms with Crippen molar-refractivity contribution in [3.63, 3.8) is 0 Å². The van der Waals surface area contributed by atoms with Crippen LogP contribution < -0.4 is 0 Å². The van der Waals surface area contributed by atoms with Crippen LogP contribution in [0.25, 0.3) is 0 Å². The fourth-order valence-electron chi connectivity index (χ4n) is 9.31. The van der Waals surface area contributed by atoms with Crippen LogP contribution in [-0.4, -0.2) is 22.5 Å². The minimum atomic E-state index is 0.300. The quantitative estimate of drug-likeness (QED) is 0.0561. The van der Waals surface area contributed by atoms with Crippen LogP contribution in [0.4, 0.5) is 0 Å². The standard InChI is InChI=1S/C52H107N/c1-8-11-14-17-20-23-26-29-30-31-32-35-38-41-44-47-50-53(51(4,5)48-45-42-39-36-33-27-24-21-18-15-12-9-2)52(6,7)49-46-43-40-37-34-28-25-22-19-16-13-10-3/h8-50H2,1-7H3. The molecule has 0 spiro atoms. The molecule has 0 N–H and O–H groups in total. The molecule has 53 heavy (non-hydrogen) atoms. The lowest BCUT2D eigenvalue weighted by Crippen LogP contribution is -2.55. The topological polar surface area (TPSA) is 3.24 Å². The lowest BCUT2D eigenvalue weighted by atomic mass is 9.85. The van der Waals surface area contributed by atoms with E-state index in [1.165, 1.54) is 276 Å². The molecular formula is C52H107N. The third-order valence-electron chi connectivity index (χ3n) is 13.0. The highest BCUT2D eigenvalue weighted by atomic mass is 15.2. The van der Waals surface area contributed by atoms with Gasteiger partial charge >= 0.3 is 0 Å². The van der Waals surface area contributed by atoms with Crippen molar-refractivity contribution in [2.45, 2.75) is 329 Å². The normalized spacial score (nSPS) is 12.5. The number of nitrogens with zero attached hydrogens (tertiary/aromatic N) is 1. The Hall–Kier alpha value is -0.0400. The van der Waals surface area contributed by atoms with Crippen LogP contribution in [0.15, 0.2) is 0 Å². The Morgan fingerprint density at radius 2 is 0.396 bits per heavy atom. The zero-order valence-electron chi connectivity index (χ0n) is 38.9. The van der Waals surface area contributed by atoms with Gasteiger partial charge in [0.15, 0.2) is 0 Å². The molecule has 0 aromatic carbocycles. The fourth-order valence-corrected chi connectivity index (χ4v) is 9.31. The lowest BCUT2D eigenvalue weighted by Gasteiger charge is -2.49. The fraction of sp³-hybridized carbons (Fsp3) is 1.00. The van der Waals surface area contributed by atoms with Gasteiger partial charge in [-0.1, -0.05) is 271 Å². The highest BCUT2D eigenvalue weighted by Crippen LogP contribution is 2.34. The smallest absolute Gasteiger partial charge is 0.0158 e. The molecule has 0 amide bonds. The second kappa shape index (κ2) is 40.2. The molecule has 0 heterocycles. The second-order valence-electron chi connectivity index (χ2n) is 19.4. The molecule has 1 nitrogen and oxygen atoms in total. The Bertz CT molecular complexity index is 639. The van der Waals surface area contributed by atoms with Crippen molar-refractivity contribution in [1.82, 2.24) is 4.90 Å². The average Bonchev–Trinajstić information content (AvgIpc) is 3.13. The third-order valence-corrected chi connectivity index (χ3v) is 13.0. The summed E-state index contributed by atoms with van der Waals surface area (Å²) in [6.07, 6.45) is 60.7. The van der Waals surface area contributed by atoms with Crippen LogP contribution in [0.5, 0.6) is 0 Å². The second-order valence-corrected chi connectivity index (χ2v) is 19.4. The van der Waals surface area contributed by atoms with E-state index in [9.17, 15) is 0 Å². The molecule has 0 saturated carbocycles. The van der Waals surface area contributed by atoms with E-state index in [1.54, 1.807) is 0 Å². The maximum Gasteiger partial charge on any atom is 0.0158 e. The Balaban J connectivity index is 4.48. The summed E-state index contributed by atoms with van der Waals surface area (Å²) in [6.45, 7) is 18.7. The lowest BCUT2D eigenvalue weighted by molar-refractivity contribution is 0.00151. The summed E-state index contributed by atoms with van der Waals surface area (Å²) in [6, 6.07) is 0. The van der Waals surface area contributed by atoms with Crippen molar-refractivity contribution in [3.8, 4) is 0 Å². The van der Waals surface area contributed by atoms with Crippen molar-refractivity contribution in [1.29, 1.82) is 0 Å². The van der Waals surface area contributed by atoms with Crippen LogP contribution in [0, 0.1) is 0 Å². The highest BCUT2D eigenvalue weighted by molar-refractivity contribution is 4.92. The maximum atomic E-state index is 3.00. The minimum Gasteiger partial charge on any atom is -0.293 e. The number of unbranched alkanes of at least 4 members (excludes halogenated alkanes) is 37. The van der Waals surface area contributed by atoms with E-state index in [2.05, 4.69) is 53.4 Å². The molecule has 0 aromatic rings. The van der Waals surface area contributed by atoms with Gasteiger partial charge in [0.1, 0.15) is 0 Å². The van der Waals surface area contributed by atoms with E-state index in [4.69, 9.17) is 0 Å². The van der Waals surface area contributed by atoms with Crippen LogP contribution in [-0.2, 0) is 0 Å². The Morgan fingerprint density at radius 1 is 0.226 bits per heavy atom. The van der Waals surface area contributed by atoms with Gasteiger partial charge in [-0.3, -0.25) is 4.90 Å². The van der Waals surface area contributed by atoms with Gasteiger partial charge in [-0.25, -0.2) is 0 Å². The average molecular weight is 746 g/mol. The predicted molar refractivity (Wildman–Crippen MR) is 246 cm³/mol. The molecule has 0 rings (SSSR count). The summed E-state index contributed by atoms with van der Waals surface area (Å²) in [5.74, 6) is 0. The molecule has 0 fully saturated rings. The van der Waals surface area contributed by atoms with Crippen molar-refractivity contribution in [3.05, 3.63) is 0 Å². The zero-order chi connectivity index (χ0) is 39.0. The number of rotatable bonds is 45. The summed E-state index contributed by atoms with van der Waals surface area (Å²) in [5, 5.41) is 0. The van der Waals surface area contributed by atoms with Crippen molar-refractivity contribution < 1.29 is 0 Å². The van der Waals surface area contributed by atoms with Gasteiger partial charge < -0.3 is 0 Å². The highest BCUT2D eigenvalue weighted by Gasteiger charge is 2.36. The summed E-state index contributed by atoms with van der Waals surface area (Å²) in [5.41, 5.74) is 0.600. The van der Waals surface area contributed by atoms with Gasteiger partial charge in [0.05, 0.1) is 0 Å². The molecule has 0 saturated heterocycles. The van der Waals surface area contributed by atoms with Gasteiger partial charge in [-0.05, 0) is 53.5 Å². The van der Waals surface area contributed by atoms with Crippen LogP contribution in [0.3, 0.4) is 0 Å². The first-order chi connectivity index (χ1) is 25.8. The van der Waals surface area contributed by atoms with Gasteiger partial charge in [0.25, 0.3) is 0 Å². The zero-order valence-corrected chi connectivity index (χ0v) is 38.9. The van der Waals surface area contributed by atoms with E-state index in [-0.39, 0.29) is 0 Å². The number of hydrogen-bond acceptors (Lipinski definition) is 1. The first kappa shape index (κ1) is 53.0. The molecule has 320 valence electrons. The first-order valence-electron chi connectivity index (χ1n) is 25.6. The van der Waals surface area contributed by atoms with Gasteiger partial charge in [-0.15, -0.1) is 0 Å². The molecule has 0 aromatic heterocycles. The molecule has 0 aliphatic carbocycles. The van der Waals surface area contributed by atoms with Crippen LogP contribution >= 0.6 is 0 Å². The Morgan fingerprint density at radius 3 is 0.604 bits per heavy atom. The molecule has 0 bridgehead atoms. The SMILES string of the molecule is CCCCCCCCCCCCCCCCCCN(C(C)(C)CCCCCCCCCCCCCC)C(C)(C)CCCCCCCCCCCCCC. The van der Waals surface area contributed by atoms with Gasteiger partial charge in [0.2, 0.25) is 0 Å². The summed E-state index contributed by atoms with van der Waals surface area (Å²) in [4.78, 5) is 3.00. The number of hydrogen-bond donors (Lipinski definition) is 0. The van der Waals surface area contributed by atoms with Crippen LogP contribution in [0.2, 0.25) is 0 Å². The molecule has 0 unspecified atom stereocenters. The van der Waals surface area contributed by atoms with Gasteiger partial charge in [-0.2, -0.15) is 0 Å². The van der Waals surface area contributed by atoms with Crippen molar-refractivity contribution in [2.24, 2.45) is 0 Å². The monoisotopic (exact) mass is 746 g/mol. The predicted octanol–water partition coefficient (Wildman–Crippen LogP) is 19.3. The molecule has 0 radical (unpaired) electrons. The van der Waals surface area contributed by atoms with E-state index < -0.39 is 0 Å². The summed E-state index contributed by atoms with van der Waals surface area (Å²) in [7, 11) is 0. The molecule has 0 atom stereocenters. The third kappa shape index (κ3) is 36.1. The first-order valence-corrected chi connectivity index (χ1v) is 25.6. The molecule has 0 aliphatic rings. The Kier molecular flexibility index (Phi) is 40.1. The molecule has 0 aliphatic heterocycles. The van der Waals surface area contributed by atoms with E-state index in [0.717, 1.165) is 0 Å². The van der Waals surface area contributed by atoms with Gasteiger partial charge in [0, 0.05) is 11.1 Å². The van der Waals surface area contributed by atoms with E-state index >= 15 is 0 Å². The van der Waals surface area contributed by atoms with Crippen molar-refractivity contribution in [2.75, 3.05) is 6.54 Å². The minimum absolute atomic E-state index is 0.300. The molecular weight excluding hydrogens is 639 g/mol. The maximum absolute atomic E-state index is 3.00. The largest absolute Gasteiger partial charge is 0.293 e. The summed E-state index contributed by atoms with van der Waals surface area (Å²) >= 11 is 0.